The van der Waals surface area contributed by atoms with Crippen LogP contribution in [0.3, 0.4) is 0 Å². The molecule has 0 saturated carbocycles. The van der Waals surface area contributed by atoms with E-state index in [0.29, 0.717) is 5.75 Å². The zero-order valence-corrected chi connectivity index (χ0v) is 15.7. The lowest BCUT2D eigenvalue weighted by atomic mass is 10.0. The number of aromatic hydroxyl groups is 1. The van der Waals surface area contributed by atoms with E-state index in [1.165, 1.54) is 16.7 Å². The molecule has 1 heterocycles. The van der Waals surface area contributed by atoms with Gasteiger partial charge in [-0.15, -0.1) is 0 Å². The van der Waals surface area contributed by atoms with Gasteiger partial charge in [0.25, 0.3) is 0 Å². The third-order valence-corrected chi connectivity index (χ3v) is 4.31. The summed E-state index contributed by atoms with van der Waals surface area (Å²) >= 11 is 4.14. The van der Waals surface area contributed by atoms with E-state index in [9.17, 15) is 5.11 Å². The predicted octanol–water partition coefficient (Wildman–Crippen LogP) is 5.38. The van der Waals surface area contributed by atoms with E-state index in [2.05, 4.69) is 77.8 Å². The van der Waals surface area contributed by atoms with Crippen molar-refractivity contribution in [1.29, 1.82) is 0 Å². The monoisotopic (exact) mass is 368 g/mol. The maximum Gasteiger partial charge on any atom is 0.120 e. The SMILES string of the molecule is CCc1ccc(-c2ccccc2)cc1.NCl.Oc1cccc2c1CCN2. The van der Waals surface area contributed by atoms with Crippen molar-refractivity contribution in [2.45, 2.75) is 19.8 Å². The first kappa shape index (κ1) is 19.8. The maximum atomic E-state index is 9.29. The number of fused-ring (bicyclic) bond motifs is 1. The second-order valence-electron chi connectivity index (χ2n) is 5.90. The second kappa shape index (κ2) is 10.5. The third kappa shape index (κ3) is 5.25. The number of hydrogen-bond donors (Lipinski definition) is 3. The van der Waals surface area contributed by atoms with Crippen molar-refractivity contribution in [3.05, 3.63) is 83.9 Å². The lowest BCUT2D eigenvalue weighted by Crippen LogP contribution is -1.90. The molecule has 0 bridgehead atoms. The van der Waals surface area contributed by atoms with Gasteiger partial charge in [-0.25, -0.2) is 5.25 Å². The number of phenolic OH excluding ortho intramolecular Hbond substituents is 1. The van der Waals surface area contributed by atoms with Gasteiger partial charge in [-0.1, -0.05) is 67.6 Å². The van der Waals surface area contributed by atoms with Crippen molar-refractivity contribution in [3.63, 3.8) is 0 Å². The molecule has 0 atom stereocenters. The Kier molecular flexibility index (Phi) is 8.00. The lowest BCUT2D eigenvalue weighted by Gasteiger charge is -2.02. The molecular formula is C22H25ClN2O. The van der Waals surface area contributed by atoms with Crippen molar-refractivity contribution in [3.8, 4) is 16.9 Å². The largest absolute Gasteiger partial charge is 0.508 e. The normalized spacial score (nSPS) is 11.2. The van der Waals surface area contributed by atoms with Gasteiger partial charge in [0.15, 0.2) is 0 Å². The molecule has 0 fully saturated rings. The molecule has 4 N–H and O–H groups in total. The minimum absolute atomic E-state index is 0.419. The highest BCUT2D eigenvalue weighted by Gasteiger charge is 2.11. The molecule has 3 nitrogen and oxygen atoms in total. The van der Waals surface area contributed by atoms with E-state index >= 15 is 0 Å². The van der Waals surface area contributed by atoms with Gasteiger partial charge in [0.05, 0.1) is 0 Å². The molecule has 0 amide bonds. The fourth-order valence-electron chi connectivity index (χ4n) is 2.89. The molecule has 1 aliphatic heterocycles. The number of aryl methyl sites for hydroxylation is 1. The van der Waals surface area contributed by atoms with E-state index in [1.54, 1.807) is 6.07 Å². The van der Waals surface area contributed by atoms with Crippen molar-refractivity contribution in [2.75, 3.05) is 11.9 Å². The van der Waals surface area contributed by atoms with Crippen LogP contribution in [0.15, 0.2) is 72.8 Å². The van der Waals surface area contributed by atoms with Gasteiger partial charge in [-0.3, -0.25) is 0 Å². The summed E-state index contributed by atoms with van der Waals surface area (Å²) in [7, 11) is 0. The molecule has 3 aromatic carbocycles. The summed E-state index contributed by atoms with van der Waals surface area (Å²) in [6, 6.07) is 24.8. The summed E-state index contributed by atoms with van der Waals surface area (Å²) in [6.45, 7) is 3.13. The third-order valence-electron chi connectivity index (χ3n) is 4.31. The molecule has 136 valence electrons. The molecule has 3 aromatic rings. The molecule has 0 saturated heterocycles. The first-order chi connectivity index (χ1) is 12.8. The summed E-state index contributed by atoms with van der Waals surface area (Å²) in [4.78, 5) is 0. The smallest absolute Gasteiger partial charge is 0.120 e. The molecule has 4 heteroatoms. The number of halogens is 1. The van der Waals surface area contributed by atoms with Crippen LogP contribution in [0.4, 0.5) is 5.69 Å². The maximum absolute atomic E-state index is 9.29. The van der Waals surface area contributed by atoms with Crippen LogP contribution in [0, 0.1) is 0 Å². The van der Waals surface area contributed by atoms with Crippen molar-refractivity contribution in [1.82, 2.24) is 0 Å². The Morgan fingerprint density at radius 3 is 2.15 bits per heavy atom. The van der Waals surface area contributed by atoms with Gasteiger partial charge >= 0.3 is 0 Å². The number of benzene rings is 3. The van der Waals surface area contributed by atoms with Gasteiger partial charge in [0, 0.05) is 17.8 Å². The summed E-state index contributed by atoms with van der Waals surface area (Å²) in [5, 5.41) is 16.4. The first-order valence-electron chi connectivity index (χ1n) is 8.69. The second-order valence-corrected chi connectivity index (χ2v) is 5.90. The quantitative estimate of drug-likeness (QED) is 0.532. The van der Waals surface area contributed by atoms with Crippen molar-refractivity contribution >= 4 is 17.5 Å². The highest BCUT2D eigenvalue weighted by molar-refractivity contribution is 6.11. The van der Waals surface area contributed by atoms with Crippen LogP contribution in [0.25, 0.3) is 11.1 Å². The van der Waals surface area contributed by atoms with Crippen LogP contribution in [-0.4, -0.2) is 11.7 Å². The fraction of sp³-hybridized carbons (Fsp3) is 0.182. The molecule has 0 aromatic heterocycles. The summed E-state index contributed by atoms with van der Waals surface area (Å²) in [5.41, 5.74) is 6.12. The minimum atomic E-state index is 0.419. The Balaban J connectivity index is 0.000000178. The first-order valence-corrected chi connectivity index (χ1v) is 9.12. The van der Waals surface area contributed by atoms with Gasteiger partial charge in [-0.2, -0.15) is 0 Å². The number of rotatable bonds is 2. The Morgan fingerprint density at radius 1 is 0.885 bits per heavy atom. The van der Waals surface area contributed by atoms with Crippen LogP contribution in [0.2, 0.25) is 0 Å². The zero-order chi connectivity index (χ0) is 18.8. The van der Waals surface area contributed by atoms with Crippen LogP contribution in [-0.2, 0) is 12.8 Å². The molecular weight excluding hydrogens is 344 g/mol. The number of hydrogen-bond acceptors (Lipinski definition) is 3. The molecule has 0 aliphatic carbocycles. The van der Waals surface area contributed by atoms with Crippen LogP contribution in [0.1, 0.15) is 18.1 Å². The van der Waals surface area contributed by atoms with E-state index in [4.69, 9.17) is 0 Å². The lowest BCUT2D eigenvalue weighted by molar-refractivity contribution is 0.470. The van der Waals surface area contributed by atoms with Crippen LogP contribution >= 0.6 is 11.8 Å². The van der Waals surface area contributed by atoms with Gasteiger partial charge in [0.2, 0.25) is 0 Å². The highest BCUT2D eigenvalue weighted by Crippen LogP contribution is 2.29. The van der Waals surface area contributed by atoms with Gasteiger partial charge in [0.1, 0.15) is 5.75 Å². The molecule has 4 rings (SSSR count). The average Bonchev–Trinajstić information content (AvgIpc) is 3.21. The van der Waals surface area contributed by atoms with E-state index in [1.807, 2.05) is 18.2 Å². The summed E-state index contributed by atoms with van der Waals surface area (Å²) < 4.78 is 0. The molecule has 0 unspecified atom stereocenters. The fourth-order valence-corrected chi connectivity index (χ4v) is 2.89. The Labute approximate surface area is 160 Å². The van der Waals surface area contributed by atoms with Crippen LogP contribution in [0.5, 0.6) is 5.75 Å². The predicted molar refractivity (Wildman–Crippen MR) is 112 cm³/mol. The van der Waals surface area contributed by atoms with E-state index in [0.717, 1.165) is 30.6 Å². The molecule has 1 aliphatic rings. The number of nitrogens with one attached hydrogen (secondary N) is 1. The number of anilines is 1. The zero-order valence-electron chi connectivity index (χ0n) is 15.0. The number of phenols is 1. The van der Waals surface area contributed by atoms with Crippen LogP contribution < -0.4 is 10.6 Å². The Hall–Kier alpha value is -2.49. The Bertz CT molecular complexity index is 789. The van der Waals surface area contributed by atoms with E-state index in [-0.39, 0.29) is 0 Å². The summed E-state index contributed by atoms with van der Waals surface area (Å²) in [5.74, 6) is 0.419. The molecule has 0 spiro atoms. The highest BCUT2D eigenvalue weighted by atomic mass is 35.5. The summed E-state index contributed by atoms with van der Waals surface area (Å²) in [6.07, 6.45) is 2.05. The minimum Gasteiger partial charge on any atom is -0.508 e. The Morgan fingerprint density at radius 2 is 1.54 bits per heavy atom. The molecule has 26 heavy (non-hydrogen) atoms. The van der Waals surface area contributed by atoms with Gasteiger partial charge < -0.3 is 10.4 Å². The van der Waals surface area contributed by atoms with E-state index < -0.39 is 0 Å². The molecule has 0 radical (unpaired) electrons. The standard InChI is InChI=1S/C14H14.C8H9NO.ClH2N/c1-2-12-8-10-14(11-9-12)13-6-4-3-5-7-13;10-8-3-1-2-7-6(8)4-5-9-7;1-2/h3-11H,2H2,1H3;1-3,9-10H,4-5H2;2H2. The van der Waals surface area contributed by atoms with Gasteiger partial charge in [-0.05, 0) is 53.4 Å². The van der Waals surface area contributed by atoms with Crippen molar-refractivity contribution in [2.24, 2.45) is 5.25 Å². The average molecular weight is 369 g/mol. The van der Waals surface area contributed by atoms with Crippen molar-refractivity contribution < 1.29 is 5.11 Å². The number of nitrogens with two attached hydrogens (primary N) is 1. The topological polar surface area (TPSA) is 58.3 Å².